The van der Waals surface area contributed by atoms with E-state index in [1.807, 2.05) is 25.1 Å². The summed E-state index contributed by atoms with van der Waals surface area (Å²) in [6.45, 7) is 3.77. The number of amides is 1. The minimum absolute atomic E-state index is 0.0911. The van der Waals surface area contributed by atoms with Gasteiger partial charge in [-0.15, -0.1) is 0 Å². The molecule has 2 fully saturated rings. The van der Waals surface area contributed by atoms with Crippen LogP contribution in [0.5, 0.6) is 5.75 Å². The molecule has 25 heavy (non-hydrogen) atoms. The average Bonchev–Trinajstić information content (AvgIpc) is 3.54. The van der Waals surface area contributed by atoms with Crippen LogP contribution in [0.2, 0.25) is 0 Å². The number of aromatic nitrogens is 2. The lowest BCUT2D eigenvalue weighted by molar-refractivity contribution is 0.0948. The van der Waals surface area contributed by atoms with Crippen molar-refractivity contribution in [3.05, 3.63) is 47.3 Å². The molecular weight excluding hydrogens is 314 g/mol. The minimum Gasteiger partial charge on any atom is -0.493 e. The van der Waals surface area contributed by atoms with Crippen molar-refractivity contribution in [1.82, 2.24) is 15.1 Å². The van der Waals surface area contributed by atoms with Gasteiger partial charge in [-0.2, -0.15) is 5.10 Å². The summed E-state index contributed by atoms with van der Waals surface area (Å²) in [6, 6.07) is 9.67. The van der Waals surface area contributed by atoms with Crippen molar-refractivity contribution < 1.29 is 9.53 Å². The predicted molar refractivity (Wildman–Crippen MR) is 96.1 cm³/mol. The molecule has 1 heterocycles. The zero-order valence-electron chi connectivity index (χ0n) is 14.7. The topological polar surface area (TPSA) is 56.1 Å². The molecule has 5 heteroatoms. The number of para-hydroxylation sites is 1. The summed E-state index contributed by atoms with van der Waals surface area (Å²) in [5.41, 5.74) is 3.19. The Labute approximate surface area is 148 Å². The number of benzene rings is 1. The van der Waals surface area contributed by atoms with Gasteiger partial charge in [0.1, 0.15) is 5.75 Å². The Balaban J connectivity index is 1.38. The quantitative estimate of drug-likeness (QED) is 0.801. The summed E-state index contributed by atoms with van der Waals surface area (Å²) in [6.07, 6.45) is 5.08. The van der Waals surface area contributed by atoms with E-state index in [2.05, 4.69) is 16.1 Å². The van der Waals surface area contributed by atoms with Crippen molar-refractivity contribution in [2.45, 2.75) is 51.0 Å². The summed E-state index contributed by atoms with van der Waals surface area (Å²) in [4.78, 5) is 12.5. The van der Waals surface area contributed by atoms with Gasteiger partial charge in [0, 0.05) is 24.1 Å². The van der Waals surface area contributed by atoms with E-state index in [-0.39, 0.29) is 5.91 Å². The third-order valence-electron chi connectivity index (χ3n) is 4.86. The first kappa shape index (κ1) is 16.2. The number of ether oxygens (including phenoxy) is 1. The summed E-state index contributed by atoms with van der Waals surface area (Å²) in [5.74, 6) is 1.89. The molecule has 1 aromatic heterocycles. The molecule has 0 spiro atoms. The number of hydrogen-bond acceptors (Lipinski definition) is 3. The van der Waals surface area contributed by atoms with Gasteiger partial charge in [-0.3, -0.25) is 9.48 Å². The number of hydrogen-bond donors (Lipinski definition) is 1. The SMILES string of the molecule is CCOc1ccccc1C(=O)NCCn1nc(C2CC2)cc1C1CC1. The first-order chi connectivity index (χ1) is 12.3. The van der Waals surface area contributed by atoms with Gasteiger partial charge < -0.3 is 10.1 Å². The lowest BCUT2D eigenvalue weighted by Gasteiger charge is -2.11. The fourth-order valence-electron chi connectivity index (χ4n) is 3.22. The monoisotopic (exact) mass is 339 g/mol. The van der Waals surface area contributed by atoms with Crippen LogP contribution in [0.4, 0.5) is 0 Å². The zero-order chi connectivity index (χ0) is 17.2. The van der Waals surface area contributed by atoms with Gasteiger partial charge in [0.05, 0.1) is 24.4 Å². The van der Waals surface area contributed by atoms with E-state index in [0.29, 0.717) is 36.3 Å². The molecule has 1 aromatic carbocycles. The Kier molecular flexibility index (Phi) is 4.47. The Morgan fingerprint density at radius 1 is 1.24 bits per heavy atom. The first-order valence-corrected chi connectivity index (χ1v) is 9.34. The molecule has 2 aliphatic carbocycles. The second-order valence-electron chi connectivity index (χ2n) is 6.95. The van der Waals surface area contributed by atoms with Crippen molar-refractivity contribution in [3.63, 3.8) is 0 Å². The molecule has 5 nitrogen and oxygen atoms in total. The van der Waals surface area contributed by atoms with Crippen LogP contribution in [0.15, 0.2) is 30.3 Å². The zero-order valence-corrected chi connectivity index (χ0v) is 14.7. The van der Waals surface area contributed by atoms with Gasteiger partial charge in [0.15, 0.2) is 0 Å². The van der Waals surface area contributed by atoms with E-state index in [1.54, 1.807) is 6.07 Å². The molecule has 2 saturated carbocycles. The summed E-state index contributed by atoms with van der Waals surface area (Å²) >= 11 is 0. The summed E-state index contributed by atoms with van der Waals surface area (Å²) in [7, 11) is 0. The predicted octanol–water partition coefficient (Wildman–Crippen LogP) is 3.47. The lowest BCUT2D eigenvalue weighted by atomic mass is 10.2. The first-order valence-electron chi connectivity index (χ1n) is 9.34. The van der Waals surface area contributed by atoms with Gasteiger partial charge in [-0.05, 0) is 50.8 Å². The fraction of sp³-hybridized carbons (Fsp3) is 0.500. The molecule has 0 bridgehead atoms. The van der Waals surface area contributed by atoms with Crippen molar-refractivity contribution in [3.8, 4) is 5.75 Å². The number of carbonyl (C=O) groups is 1. The van der Waals surface area contributed by atoms with Gasteiger partial charge in [0.2, 0.25) is 0 Å². The van der Waals surface area contributed by atoms with E-state index in [9.17, 15) is 4.79 Å². The van der Waals surface area contributed by atoms with Crippen LogP contribution in [-0.4, -0.2) is 28.8 Å². The van der Waals surface area contributed by atoms with Crippen LogP contribution < -0.4 is 10.1 Å². The highest BCUT2D eigenvalue weighted by Crippen LogP contribution is 2.44. The molecule has 0 aliphatic heterocycles. The fourth-order valence-corrected chi connectivity index (χ4v) is 3.22. The van der Waals surface area contributed by atoms with E-state index in [0.717, 1.165) is 6.54 Å². The third-order valence-corrected chi connectivity index (χ3v) is 4.86. The maximum Gasteiger partial charge on any atom is 0.255 e. The molecule has 132 valence electrons. The van der Waals surface area contributed by atoms with Crippen LogP contribution in [0.1, 0.15) is 66.2 Å². The lowest BCUT2D eigenvalue weighted by Crippen LogP contribution is -2.28. The van der Waals surface area contributed by atoms with Crippen LogP contribution in [0.25, 0.3) is 0 Å². The van der Waals surface area contributed by atoms with Crippen molar-refractivity contribution in [1.29, 1.82) is 0 Å². The molecule has 1 amide bonds. The highest BCUT2D eigenvalue weighted by atomic mass is 16.5. The van der Waals surface area contributed by atoms with E-state index in [1.165, 1.54) is 37.1 Å². The third kappa shape index (κ3) is 3.70. The normalized spacial score (nSPS) is 16.7. The van der Waals surface area contributed by atoms with Crippen molar-refractivity contribution in [2.75, 3.05) is 13.2 Å². The largest absolute Gasteiger partial charge is 0.493 e. The molecule has 0 unspecified atom stereocenters. The molecule has 0 atom stereocenters. The van der Waals surface area contributed by atoms with Gasteiger partial charge in [-0.1, -0.05) is 12.1 Å². The second-order valence-corrected chi connectivity index (χ2v) is 6.95. The van der Waals surface area contributed by atoms with Gasteiger partial charge in [0.25, 0.3) is 5.91 Å². The maximum absolute atomic E-state index is 12.5. The summed E-state index contributed by atoms with van der Waals surface area (Å²) in [5, 5.41) is 7.80. The van der Waals surface area contributed by atoms with E-state index >= 15 is 0 Å². The molecule has 2 aliphatic rings. The molecule has 0 radical (unpaired) electrons. The maximum atomic E-state index is 12.5. The molecule has 0 saturated heterocycles. The Bertz CT molecular complexity index is 760. The number of rotatable bonds is 8. The molecular formula is C20H25N3O2. The average molecular weight is 339 g/mol. The standard InChI is InChI=1S/C20H25N3O2/c1-2-25-19-6-4-3-5-16(19)20(24)21-11-12-23-18(15-9-10-15)13-17(22-23)14-7-8-14/h3-6,13-15H,2,7-12H2,1H3,(H,21,24). The Hall–Kier alpha value is -2.30. The highest BCUT2D eigenvalue weighted by molar-refractivity contribution is 5.96. The van der Waals surface area contributed by atoms with Gasteiger partial charge >= 0.3 is 0 Å². The van der Waals surface area contributed by atoms with E-state index < -0.39 is 0 Å². The highest BCUT2D eigenvalue weighted by Gasteiger charge is 2.32. The molecule has 4 rings (SSSR count). The van der Waals surface area contributed by atoms with Gasteiger partial charge in [-0.25, -0.2) is 0 Å². The van der Waals surface area contributed by atoms with Crippen LogP contribution in [0, 0.1) is 0 Å². The number of nitrogens with one attached hydrogen (secondary N) is 1. The van der Waals surface area contributed by atoms with Crippen molar-refractivity contribution in [2.24, 2.45) is 0 Å². The Morgan fingerprint density at radius 2 is 2.00 bits per heavy atom. The molecule has 1 N–H and O–H groups in total. The van der Waals surface area contributed by atoms with Crippen molar-refractivity contribution >= 4 is 5.91 Å². The Morgan fingerprint density at radius 3 is 2.72 bits per heavy atom. The van der Waals surface area contributed by atoms with Crippen LogP contribution in [-0.2, 0) is 6.54 Å². The second kappa shape index (κ2) is 6.90. The minimum atomic E-state index is -0.0911. The molecule has 2 aromatic rings. The van der Waals surface area contributed by atoms with Crippen LogP contribution in [0.3, 0.4) is 0 Å². The van der Waals surface area contributed by atoms with E-state index in [4.69, 9.17) is 9.84 Å². The van der Waals surface area contributed by atoms with Crippen LogP contribution >= 0.6 is 0 Å². The number of carbonyl (C=O) groups excluding carboxylic acids is 1. The number of nitrogens with zero attached hydrogens (tertiary/aromatic N) is 2. The summed E-state index contributed by atoms with van der Waals surface area (Å²) < 4.78 is 7.65. The smallest absolute Gasteiger partial charge is 0.255 e.